The van der Waals surface area contributed by atoms with E-state index in [1.54, 1.807) is 0 Å². The highest BCUT2D eigenvalue weighted by atomic mass is 16.4. The monoisotopic (exact) mass is 186 g/mol. The molecule has 0 aliphatic carbocycles. The number of unbranched alkanes of at least 4 members (excludes halogenated alkanes) is 1. The van der Waals surface area contributed by atoms with Crippen LogP contribution in [0.1, 0.15) is 46.0 Å². The van der Waals surface area contributed by atoms with Crippen LogP contribution in [0.4, 0.5) is 0 Å². The zero-order valence-electron chi connectivity index (χ0n) is 8.38. The number of rotatable bonds is 7. The van der Waals surface area contributed by atoms with Crippen molar-refractivity contribution in [1.29, 1.82) is 0 Å². The van der Waals surface area contributed by atoms with Gasteiger partial charge in [-0.1, -0.05) is 26.7 Å². The minimum Gasteiger partial charge on any atom is -0.481 e. The summed E-state index contributed by atoms with van der Waals surface area (Å²) in [6.45, 7) is 3.88. The van der Waals surface area contributed by atoms with Crippen molar-refractivity contribution in [2.45, 2.75) is 46.0 Å². The van der Waals surface area contributed by atoms with Crippen LogP contribution in [-0.4, -0.2) is 16.9 Å². The van der Waals surface area contributed by atoms with Crippen LogP contribution < -0.4 is 0 Å². The molecule has 0 aliphatic heterocycles. The lowest BCUT2D eigenvalue weighted by Crippen LogP contribution is -2.23. The molecule has 0 radical (unpaired) electrons. The Balaban J connectivity index is 4.03. The molecular weight excluding hydrogens is 168 g/mol. The first-order chi connectivity index (χ1) is 6.13. The fourth-order valence-corrected chi connectivity index (χ4v) is 1.24. The Morgan fingerprint density at radius 2 is 1.85 bits per heavy atom. The smallest absolute Gasteiger partial charge is 0.314 e. The van der Waals surface area contributed by atoms with E-state index in [2.05, 4.69) is 0 Å². The highest BCUT2D eigenvalue weighted by Gasteiger charge is 2.23. The molecule has 0 heterocycles. The van der Waals surface area contributed by atoms with Crippen molar-refractivity contribution in [3.8, 4) is 0 Å². The van der Waals surface area contributed by atoms with Crippen LogP contribution in [0.3, 0.4) is 0 Å². The van der Waals surface area contributed by atoms with E-state index in [0.29, 0.717) is 12.8 Å². The minimum absolute atomic E-state index is 0.115. The molecule has 3 heteroatoms. The van der Waals surface area contributed by atoms with Gasteiger partial charge in [0.05, 0.1) is 0 Å². The van der Waals surface area contributed by atoms with Gasteiger partial charge in [0.25, 0.3) is 0 Å². The molecule has 1 atom stereocenters. The van der Waals surface area contributed by atoms with Crippen LogP contribution in [0.25, 0.3) is 0 Å². The Hall–Kier alpha value is -0.860. The van der Waals surface area contributed by atoms with E-state index >= 15 is 0 Å². The van der Waals surface area contributed by atoms with Gasteiger partial charge in [-0.25, -0.2) is 0 Å². The molecule has 0 saturated heterocycles. The maximum absolute atomic E-state index is 11.4. The summed E-state index contributed by atoms with van der Waals surface area (Å²) in [5.41, 5.74) is 0. The van der Waals surface area contributed by atoms with Gasteiger partial charge in [-0.05, 0) is 12.8 Å². The van der Waals surface area contributed by atoms with Gasteiger partial charge in [-0.3, -0.25) is 9.59 Å². The maximum atomic E-state index is 11.4. The van der Waals surface area contributed by atoms with Crippen molar-refractivity contribution in [2.24, 2.45) is 5.92 Å². The van der Waals surface area contributed by atoms with E-state index in [4.69, 9.17) is 5.11 Å². The summed E-state index contributed by atoms with van der Waals surface area (Å²) in [6, 6.07) is 0. The van der Waals surface area contributed by atoms with Crippen LogP contribution >= 0.6 is 0 Å². The highest BCUT2D eigenvalue weighted by molar-refractivity contribution is 5.98. The average molecular weight is 186 g/mol. The Bertz CT molecular complexity index is 175. The van der Waals surface area contributed by atoms with Crippen LogP contribution in [0.5, 0.6) is 0 Å². The molecule has 76 valence electrons. The summed E-state index contributed by atoms with van der Waals surface area (Å²) in [5, 5.41) is 8.75. The van der Waals surface area contributed by atoms with E-state index in [-0.39, 0.29) is 5.78 Å². The fourth-order valence-electron chi connectivity index (χ4n) is 1.24. The standard InChI is InChI=1S/C10H18O3/c1-3-5-7-9(11)8(6-4-2)10(12)13/h8H,3-7H2,1-2H3,(H,12,13). The van der Waals surface area contributed by atoms with Crippen LogP contribution in [-0.2, 0) is 9.59 Å². The Morgan fingerprint density at radius 3 is 2.23 bits per heavy atom. The Kier molecular flexibility index (Phi) is 6.20. The number of carboxylic acid groups (broad SMARTS) is 1. The van der Waals surface area contributed by atoms with Crippen molar-refractivity contribution in [1.82, 2.24) is 0 Å². The normalized spacial score (nSPS) is 12.5. The van der Waals surface area contributed by atoms with Crippen molar-refractivity contribution in [3.05, 3.63) is 0 Å². The number of hydrogen-bond donors (Lipinski definition) is 1. The van der Waals surface area contributed by atoms with Crippen LogP contribution in [0.2, 0.25) is 0 Å². The largest absolute Gasteiger partial charge is 0.481 e. The molecule has 0 aromatic carbocycles. The van der Waals surface area contributed by atoms with Crippen molar-refractivity contribution in [2.75, 3.05) is 0 Å². The predicted molar refractivity (Wildman–Crippen MR) is 50.6 cm³/mol. The van der Waals surface area contributed by atoms with Gasteiger partial charge in [0, 0.05) is 6.42 Å². The Labute approximate surface area is 79.1 Å². The number of hydrogen-bond acceptors (Lipinski definition) is 2. The second kappa shape index (κ2) is 6.63. The summed E-state index contributed by atoms with van der Waals surface area (Å²) < 4.78 is 0. The first kappa shape index (κ1) is 12.1. The molecule has 1 unspecified atom stereocenters. The SMILES string of the molecule is CCCCC(=O)C(CCC)C(=O)O. The molecule has 0 bridgehead atoms. The molecule has 0 aromatic rings. The summed E-state index contributed by atoms with van der Waals surface area (Å²) in [4.78, 5) is 22.0. The number of carboxylic acids is 1. The number of carbonyl (C=O) groups excluding carboxylic acids is 1. The molecule has 0 aliphatic rings. The summed E-state index contributed by atoms with van der Waals surface area (Å²) in [6.07, 6.45) is 3.36. The number of carbonyl (C=O) groups is 2. The third kappa shape index (κ3) is 4.65. The zero-order chi connectivity index (χ0) is 10.3. The average Bonchev–Trinajstić information content (AvgIpc) is 2.09. The van der Waals surface area contributed by atoms with E-state index in [0.717, 1.165) is 19.3 Å². The van der Waals surface area contributed by atoms with Gasteiger partial charge in [0.1, 0.15) is 11.7 Å². The topological polar surface area (TPSA) is 54.4 Å². The number of Topliss-reactive ketones (excluding diaryl/α,β-unsaturated/α-hetero) is 1. The van der Waals surface area contributed by atoms with E-state index in [9.17, 15) is 9.59 Å². The molecule has 3 nitrogen and oxygen atoms in total. The van der Waals surface area contributed by atoms with Gasteiger partial charge in [0.2, 0.25) is 0 Å². The first-order valence-corrected chi connectivity index (χ1v) is 4.89. The van der Waals surface area contributed by atoms with Gasteiger partial charge >= 0.3 is 5.97 Å². The summed E-state index contributed by atoms with van der Waals surface area (Å²) in [5.74, 6) is -1.85. The van der Waals surface area contributed by atoms with Crippen molar-refractivity contribution < 1.29 is 14.7 Å². The molecule has 0 aromatic heterocycles. The number of ketones is 1. The second-order valence-corrected chi connectivity index (χ2v) is 3.25. The third-order valence-corrected chi connectivity index (χ3v) is 2.04. The third-order valence-electron chi connectivity index (χ3n) is 2.04. The minimum atomic E-state index is -0.969. The molecule has 13 heavy (non-hydrogen) atoms. The lowest BCUT2D eigenvalue weighted by Gasteiger charge is -2.08. The zero-order valence-corrected chi connectivity index (χ0v) is 8.38. The fraction of sp³-hybridized carbons (Fsp3) is 0.800. The van der Waals surface area contributed by atoms with Gasteiger partial charge in [-0.15, -0.1) is 0 Å². The van der Waals surface area contributed by atoms with Crippen LogP contribution in [0.15, 0.2) is 0 Å². The summed E-state index contributed by atoms with van der Waals surface area (Å²) in [7, 11) is 0. The highest BCUT2D eigenvalue weighted by Crippen LogP contribution is 2.12. The molecule has 0 rings (SSSR count). The van der Waals surface area contributed by atoms with Gasteiger partial charge in [0.15, 0.2) is 0 Å². The second-order valence-electron chi connectivity index (χ2n) is 3.25. The lowest BCUT2D eigenvalue weighted by atomic mass is 9.95. The number of aliphatic carboxylic acids is 1. The molecule has 1 N–H and O–H groups in total. The van der Waals surface area contributed by atoms with Crippen LogP contribution in [0, 0.1) is 5.92 Å². The molecule has 0 spiro atoms. The maximum Gasteiger partial charge on any atom is 0.314 e. The Morgan fingerprint density at radius 1 is 1.23 bits per heavy atom. The molecule has 0 amide bonds. The van der Waals surface area contributed by atoms with Gasteiger partial charge in [-0.2, -0.15) is 0 Å². The molecular formula is C10H18O3. The summed E-state index contributed by atoms with van der Waals surface area (Å²) >= 11 is 0. The predicted octanol–water partition coefficient (Wildman–Crippen LogP) is 2.25. The van der Waals surface area contributed by atoms with Gasteiger partial charge < -0.3 is 5.11 Å². The van der Waals surface area contributed by atoms with E-state index in [1.807, 2.05) is 13.8 Å². The lowest BCUT2D eigenvalue weighted by molar-refractivity contribution is -0.146. The molecule has 0 fully saturated rings. The molecule has 0 saturated carbocycles. The van der Waals surface area contributed by atoms with E-state index < -0.39 is 11.9 Å². The van der Waals surface area contributed by atoms with Crippen molar-refractivity contribution in [3.63, 3.8) is 0 Å². The van der Waals surface area contributed by atoms with Crippen molar-refractivity contribution >= 4 is 11.8 Å². The van der Waals surface area contributed by atoms with E-state index in [1.165, 1.54) is 0 Å². The quantitative estimate of drug-likeness (QED) is 0.620. The first-order valence-electron chi connectivity index (χ1n) is 4.89.